The first-order valence-electron chi connectivity index (χ1n) is 8.02. The molecular formula is C17H20N4O3S. The molecule has 0 radical (unpaired) electrons. The molecule has 1 aliphatic heterocycles. The van der Waals surface area contributed by atoms with Crippen molar-refractivity contribution in [3.8, 4) is 0 Å². The van der Waals surface area contributed by atoms with E-state index >= 15 is 0 Å². The standard InChI is InChI=1S/C17H20N4O3S/c1-10-14(25-17(18)19-10)15(23)20-12-7-8-21(9-13(12)22)16(24)11-5-3-2-4-6-11/h2-6,12-13,22H,7-9H2,1H3,(H2,18,19)(H,20,23)/t12-,13-/m1/s1. The molecule has 1 aromatic heterocycles. The van der Waals surface area contributed by atoms with Crippen LogP contribution in [0, 0.1) is 6.92 Å². The summed E-state index contributed by atoms with van der Waals surface area (Å²) < 4.78 is 0. The van der Waals surface area contributed by atoms with Crippen molar-refractivity contribution >= 4 is 28.3 Å². The minimum absolute atomic E-state index is 0.115. The largest absolute Gasteiger partial charge is 0.389 e. The monoisotopic (exact) mass is 360 g/mol. The number of aryl methyl sites for hydroxylation is 1. The van der Waals surface area contributed by atoms with Gasteiger partial charge in [0, 0.05) is 18.7 Å². The SMILES string of the molecule is Cc1nc(N)sc1C(=O)N[C@@H]1CCN(C(=O)c2ccccc2)C[C@H]1O. The van der Waals surface area contributed by atoms with E-state index in [0.29, 0.717) is 34.2 Å². The van der Waals surface area contributed by atoms with Gasteiger partial charge in [-0.3, -0.25) is 9.59 Å². The number of carbonyl (C=O) groups is 2. The highest BCUT2D eigenvalue weighted by atomic mass is 32.1. The minimum atomic E-state index is -0.823. The van der Waals surface area contributed by atoms with Gasteiger partial charge in [0.1, 0.15) is 4.88 Å². The number of thiazole rings is 1. The quantitative estimate of drug-likeness (QED) is 0.758. The number of aliphatic hydroxyl groups excluding tert-OH is 1. The molecule has 0 aliphatic carbocycles. The van der Waals surface area contributed by atoms with E-state index in [0.717, 1.165) is 11.3 Å². The van der Waals surface area contributed by atoms with Crippen LogP contribution in [-0.4, -0.2) is 52.0 Å². The Hall–Kier alpha value is -2.45. The number of likely N-dealkylation sites (tertiary alicyclic amines) is 1. The molecule has 4 N–H and O–H groups in total. The number of carbonyl (C=O) groups excluding carboxylic acids is 2. The normalized spacial score (nSPS) is 20.3. The van der Waals surface area contributed by atoms with E-state index in [9.17, 15) is 14.7 Å². The highest BCUT2D eigenvalue weighted by Crippen LogP contribution is 2.21. The predicted molar refractivity (Wildman–Crippen MR) is 95.5 cm³/mol. The average molecular weight is 360 g/mol. The lowest BCUT2D eigenvalue weighted by atomic mass is 10.0. The van der Waals surface area contributed by atoms with E-state index in [4.69, 9.17) is 5.73 Å². The third-order valence-corrected chi connectivity index (χ3v) is 5.21. The number of nitrogens with zero attached hydrogens (tertiary/aromatic N) is 2. The maximum Gasteiger partial charge on any atom is 0.263 e. The molecule has 8 heteroatoms. The summed E-state index contributed by atoms with van der Waals surface area (Å²) in [6.07, 6.45) is -0.338. The fraction of sp³-hybridized carbons (Fsp3) is 0.353. The van der Waals surface area contributed by atoms with Crippen LogP contribution in [0.5, 0.6) is 0 Å². The van der Waals surface area contributed by atoms with E-state index in [2.05, 4.69) is 10.3 Å². The van der Waals surface area contributed by atoms with E-state index in [1.165, 1.54) is 0 Å². The zero-order valence-corrected chi connectivity index (χ0v) is 14.6. The number of hydrogen-bond donors (Lipinski definition) is 3. The van der Waals surface area contributed by atoms with Gasteiger partial charge in [-0.1, -0.05) is 29.5 Å². The highest BCUT2D eigenvalue weighted by Gasteiger charge is 2.32. The number of rotatable bonds is 3. The Morgan fingerprint density at radius 1 is 1.36 bits per heavy atom. The molecule has 2 atom stereocenters. The lowest BCUT2D eigenvalue weighted by molar-refractivity contribution is 0.0315. The van der Waals surface area contributed by atoms with Gasteiger partial charge in [0.15, 0.2) is 5.13 Å². The maximum absolute atomic E-state index is 12.5. The first kappa shape index (κ1) is 17.4. The van der Waals surface area contributed by atoms with E-state index in [1.807, 2.05) is 6.07 Å². The predicted octanol–water partition coefficient (Wildman–Crippen LogP) is 1.04. The number of nitrogen functional groups attached to an aromatic ring is 1. The molecule has 1 aliphatic rings. The summed E-state index contributed by atoms with van der Waals surface area (Å²) in [4.78, 5) is 30.9. The number of nitrogens with one attached hydrogen (secondary N) is 1. The van der Waals surface area contributed by atoms with Crippen LogP contribution in [0.4, 0.5) is 5.13 Å². The fourth-order valence-corrected chi connectivity index (χ4v) is 3.65. The second-order valence-corrected chi connectivity index (χ2v) is 7.05. The Morgan fingerprint density at radius 3 is 2.68 bits per heavy atom. The Bertz CT molecular complexity index is 777. The smallest absolute Gasteiger partial charge is 0.263 e. The summed E-state index contributed by atoms with van der Waals surface area (Å²) in [5.41, 5.74) is 6.78. The zero-order valence-electron chi connectivity index (χ0n) is 13.8. The second kappa shape index (κ2) is 7.20. The number of anilines is 1. The molecule has 0 spiro atoms. The molecule has 2 amide bonds. The molecule has 0 saturated carbocycles. The number of amides is 2. The van der Waals surface area contributed by atoms with E-state index in [-0.39, 0.29) is 18.4 Å². The van der Waals surface area contributed by atoms with Crippen LogP contribution in [0.25, 0.3) is 0 Å². The third-order valence-electron chi connectivity index (χ3n) is 4.23. The number of hydrogen-bond acceptors (Lipinski definition) is 6. The minimum Gasteiger partial charge on any atom is -0.389 e. The van der Waals surface area contributed by atoms with Crippen molar-refractivity contribution in [2.24, 2.45) is 0 Å². The summed E-state index contributed by atoms with van der Waals surface area (Å²) in [5.74, 6) is -0.408. The molecule has 1 saturated heterocycles. The number of piperidine rings is 1. The Morgan fingerprint density at radius 2 is 2.08 bits per heavy atom. The van der Waals surface area contributed by atoms with Crippen molar-refractivity contribution in [3.05, 3.63) is 46.5 Å². The molecule has 0 bridgehead atoms. The van der Waals surface area contributed by atoms with Crippen molar-refractivity contribution < 1.29 is 14.7 Å². The van der Waals surface area contributed by atoms with Crippen molar-refractivity contribution in [2.45, 2.75) is 25.5 Å². The van der Waals surface area contributed by atoms with Gasteiger partial charge in [0.2, 0.25) is 0 Å². The number of β-amino-alcohol motifs (C(OH)–C–C–N with tert-alkyl or cyclic N) is 1. The van der Waals surface area contributed by atoms with Crippen LogP contribution < -0.4 is 11.1 Å². The van der Waals surface area contributed by atoms with Crippen LogP contribution in [0.2, 0.25) is 0 Å². The van der Waals surface area contributed by atoms with Gasteiger partial charge in [0.05, 0.1) is 17.8 Å². The average Bonchev–Trinajstić information content (AvgIpc) is 2.95. The van der Waals surface area contributed by atoms with Gasteiger partial charge in [-0.2, -0.15) is 0 Å². The van der Waals surface area contributed by atoms with Gasteiger partial charge in [-0.05, 0) is 25.5 Å². The van der Waals surface area contributed by atoms with Crippen LogP contribution >= 0.6 is 11.3 Å². The fourth-order valence-electron chi connectivity index (χ4n) is 2.91. The highest BCUT2D eigenvalue weighted by molar-refractivity contribution is 7.17. The molecule has 0 unspecified atom stereocenters. The molecule has 132 valence electrons. The molecular weight excluding hydrogens is 340 g/mol. The molecule has 1 fully saturated rings. The first-order valence-corrected chi connectivity index (χ1v) is 8.83. The second-order valence-electron chi connectivity index (χ2n) is 6.02. The van der Waals surface area contributed by atoms with Gasteiger partial charge in [-0.15, -0.1) is 0 Å². The van der Waals surface area contributed by atoms with Crippen LogP contribution in [0.3, 0.4) is 0 Å². The van der Waals surface area contributed by atoms with Crippen LogP contribution in [-0.2, 0) is 0 Å². The van der Waals surface area contributed by atoms with Crippen molar-refractivity contribution in [3.63, 3.8) is 0 Å². The third kappa shape index (κ3) is 3.80. The van der Waals surface area contributed by atoms with Crippen molar-refractivity contribution in [2.75, 3.05) is 18.8 Å². The number of aliphatic hydroxyl groups is 1. The lowest BCUT2D eigenvalue weighted by Gasteiger charge is -2.36. The summed E-state index contributed by atoms with van der Waals surface area (Å²) >= 11 is 1.12. The number of aromatic nitrogens is 1. The Labute approximate surface area is 149 Å². The topological polar surface area (TPSA) is 109 Å². The summed E-state index contributed by atoms with van der Waals surface area (Å²) in [5, 5.41) is 13.5. The number of nitrogens with two attached hydrogens (primary N) is 1. The molecule has 2 aromatic rings. The van der Waals surface area contributed by atoms with Gasteiger partial charge < -0.3 is 21.1 Å². The summed E-state index contributed by atoms with van der Waals surface area (Å²) in [6, 6.07) is 8.55. The maximum atomic E-state index is 12.5. The van der Waals surface area contributed by atoms with Crippen LogP contribution in [0.15, 0.2) is 30.3 Å². The van der Waals surface area contributed by atoms with E-state index < -0.39 is 12.1 Å². The summed E-state index contributed by atoms with van der Waals surface area (Å²) in [6.45, 7) is 2.38. The van der Waals surface area contributed by atoms with Crippen molar-refractivity contribution in [1.82, 2.24) is 15.2 Å². The molecule has 25 heavy (non-hydrogen) atoms. The molecule has 2 heterocycles. The number of benzene rings is 1. The molecule has 1 aromatic carbocycles. The van der Waals surface area contributed by atoms with Crippen LogP contribution in [0.1, 0.15) is 32.1 Å². The van der Waals surface area contributed by atoms with E-state index in [1.54, 1.807) is 36.1 Å². The summed E-state index contributed by atoms with van der Waals surface area (Å²) in [7, 11) is 0. The van der Waals surface area contributed by atoms with Gasteiger partial charge >= 0.3 is 0 Å². The van der Waals surface area contributed by atoms with Gasteiger partial charge in [0.25, 0.3) is 11.8 Å². The van der Waals surface area contributed by atoms with Crippen molar-refractivity contribution in [1.29, 1.82) is 0 Å². The first-order chi connectivity index (χ1) is 12.0. The molecule has 3 rings (SSSR count). The van der Waals surface area contributed by atoms with Gasteiger partial charge in [-0.25, -0.2) is 4.98 Å². The lowest BCUT2D eigenvalue weighted by Crippen LogP contribution is -2.55. The molecule has 7 nitrogen and oxygen atoms in total. The Balaban J connectivity index is 1.61. The Kier molecular flexibility index (Phi) is 5.00. The zero-order chi connectivity index (χ0) is 18.0.